The van der Waals surface area contributed by atoms with Crippen molar-refractivity contribution >= 4 is 12.6 Å². The van der Waals surface area contributed by atoms with Crippen LogP contribution >= 0.6 is 0 Å². The van der Waals surface area contributed by atoms with E-state index in [1.165, 1.54) is 7.11 Å². The fourth-order valence-corrected chi connectivity index (χ4v) is 0.980. The summed E-state index contributed by atoms with van der Waals surface area (Å²) in [7, 11) is -0.892. The van der Waals surface area contributed by atoms with Crippen molar-refractivity contribution in [2.45, 2.75) is 6.18 Å². The Bertz CT molecular complexity index is 356. The zero-order valence-corrected chi connectivity index (χ0v) is 7.62. The van der Waals surface area contributed by atoms with Crippen molar-refractivity contribution in [1.82, 2.24) is 4.98 Å². The Balaban J connectivity index is 3.22. The number of hydrogen-bond acceptors (Lipinski definition) is 4. The van der Waals surface area contributed by atoms with Gasteiger partial charge in [-0.25, -0.2) is 4.98 Å². The lowest BCUT2D eigenvalue weighted by atomic mass is 9.80. The smallest absolute Gasteiger partial charge is 0.481 e. The van der Waals surface area contributed by atoms with E-state index in [1.54, 1.807) is 0 Å². The van der Waals surface area contributed by atoms with Gasteiger partial charge >= 0.3 is 13.3 Å². The maximum Gasteiger partial charge on any atom is 0.494 e. The second-order valence-electron chi connectivity index (χ2n) is 2.69. The van der Waals surface area contributed by atoms with Gasteiger partial charge < -0.3 is 14.8 Å². The summed E-state index contributed by atoms with van der Waals surface area (Å²) < 4.78 is 41.2. The van der Waals surface area contributed by atoms with Crippen molar-refractivity contribution in [3.63, 3.8) is 0 Å². The summed E-state index contributed by atoms with van der Waals surface area (Å²) in [6, 6.07) is 0.580. The molecular formula is C7H7BF3NO3. The molecule has 0 saturated carbocycles. The molecule has 0 aliphatic rings. The molecule has 0 atom stereocenters. The fourth-order valence-electron chi connectivity index (χ4n) is 0.980. The van der Waals surface area contributed by atoms with Gasteiger partial charge in [-0.2, -0.15) is 13.2 Å². The largest absolute Gasteiger partial charge is 0.494 e. The van der Waals surface area contributed by atoms with Crippen LogP contribution in [-0.2, 0) is 6.18 Å². The van der Waals surface area contributed by atoms with Crippen LogP contribution in [0.3, 0.4) is 0 Å². The van der Waals surface area contributed by atoms with E-state index in [-0.39, 0.29) is 5.88 Å². The van der Waals surface area contributed by atoms with E-state index in [0.29, 0.717) is 12.3 Å². The molecule has 0 aliphatic carbocycles. The monoisotopic (exact) mass is 221 g/mol. The maximum atomic E-state index is 12.2. The van der Waals surface area contributed by atoms with Crippen molar-refractivity contribution < 1.29 is 28.0 Å². The second-order valence-corrected chi connectivity index (χ2v) is 2.69. The number of alkyl halides is 3. The molecule has 4 nitrogen and oxygen atoms in total. The fraction of sp³-hybridized carbons (Fsp3) is 0.286. The lowest BCUT2D eigenvalue weighted by Crippen LogP contribution is -2.33. The van der Waals surface area contributed by atoms with Gasteiger partial charge in [-0.15, -0.1) is 0 Å². The predicted molar refractivity (Wildman–Crippen MR) is 45.6 cm³/mol. The van der Waals surface area contributed by atoms with Crippen molar-refractivity contribution in [1.29, 1.82) is 0 Å². The molecule has 15 heavy (non-hydrogen) atoms. The molecule has 0 aromatic carbocycles. The molecule has 82 valence electrons. The molecule has 0 aliphatic heterocycles. The van der Waals surface area contributed by atoms with Gasteiger partial charge in [0.2, 0.25) is 5.88 Å². The number of hydrogen-bond donors (Lipinski definition) is 2. The second kappa shape index (κ2) is 4.07. The first-order chi connectivity index (χ1) is 6.86. The zero-order chi connectivity index (χ0) is 11.6. The van der Waals surface area contributed by atoms with Gasteiger partial charge in [0, 0.05) is 11.7 Å². The lowest BCUT2D eigenvalue weighted by Gasteiger charge is -2.10. The van der Waals surface area contributed by atoms with Crippen LogP contribution in [0.25, 0.3) is 0 Å². The van der Waals surface area contributed by atoms with Crippen molar-refractivity contribution in [2.24, 2.45) is 0 Å². The van der Waals surface area contributed by atoms with E-state index >= 15 is 0 Å². The van der Waals surface area contributed by atoms with Gasteiger partial charge in [0.25, 0.3) is 0 Å². The van der Waals surface area contributed by atoms with Gasteiger partial charge in [-0.05, 0) is 6.07 Å². The predicted octanol–water partition coefficient (Wildman–Crippen LogP) is -0.211. The number of methoxy groups -OCH3 is 1. The average Bonchev–Trinajstić information content (AvgIpc) is 2.15. The van der Waals surface area contributed by atoms with Gasteiger partial charge in [0.15, 0.2) is 0 Å². The van der Waals surface area contributed by atoms with Crippen molar-refractivity contribution in [2.75, 3.05) is 7.11 Å². The normalized spacial score (nSPS) is 11.3. The molecule has 8 heteroatoms. The first-order valence-corrected chi connectivity index (χ1v) is 3.83. The molecule has 0 fully saturated rings. The Morgan fingerprint density at radius 2 is 2.00 bits per heavy atom. The first kappa shape index (κ1) is 11.8. The Hall–Kier alpha value is -1.28. The van der Waals surface area contributed by atoms with Gasteiger partial charge in [-0.1, -0.05) is 0 Å². The van der Waals surface area contributed by atoms with E-state index in [4.69, 9.17) is 10.0 Å². The van der Waals surface area contributed by atoms with Crippen molar-refractivity contribution in [3.8, 4) is 5.88 Å². The minimum Gasteiger partial charge on any atom is -0.481 e. The summed E-state index contributed by atoms with van der Waals surface area (Å²) in [6.45, 7) is 0. The summed E-state index contributed by atoms with van der Waals surface area (Å²) in [5.41, 5.74) is -1.49. The average molecular weight is 221 g/mol. The summed E-state index contributed by atoms with van der Waals surface area (Å²) in [5, 5.41) is 17.6. The third-order valence-electron chi connectivity index (χ3n) is 1.68. The molecule has 0 unspecified atom stereocenters. The van der Waals surface area contributed by atoms with E-state index < -0.39 is 24.3 Å². The van der Waals surface area contributed by atoms with Crippen LogP contribution in [0.1, 0.15) is 5.56 Å². The minimum atomic E-state index is -4.58. The van der Waals surface area contributed by atoms with Crippen LogP contribution in [0.15, 0.2) is 12.3 Å². The topological polar surface area (TPSA) is 62.6 Å². The third-order valence-corrected chi connectivity index (χ3v) is 1.68. The molecule has 0 amide bonds. The summed E-state index contributed by atoms with van der Waals surface area (Å²) in [4.78, 5) is 3.32. The highest BCUT2D eigenvalue weighted by atomic mass is 19.4. The molecule has 0 radical (unpaired) electrons. The Morgan fingerprint density at radius 1 is 1.40 bits per heavy atom. The Morgan fingerprint density at radius 3 is 2.40 bits per heavy atom. The first-order valence-electron chi connectivity index (χ1n) is 3.83. The number of pyridine rings is 1. The van der Waals surface area contributed by atoms with Crippen molar-refractivity contribution in [3.05, 3.63) is 17.8 Å². The minimum absolute atomic E-state index is 0.252. The van der Waals surface area contributed by atoms with Gasteiger partial charge in [0.05, 0.1) is 12.7 Å². The summed E-state index contributed by atoms with van der Waals surface area (Å²) in [6.07, 6.45) is -4.02. The van der Waals surface area contributed by atoms with Gasteiger partial charge in [0.1, 0.15) is 0 Å². The molecule has 0 spiro atoms. The third kappa shape index (κ3) is 2.60. The highest BCUT2D eigenvalue weighted by molar-refractivity contribution is 6.59. The molecule has 0 bridgehead atoms. The van der Waals surface area contributed by atoms with E-state index in [1.807, 2.05) is 0 Å². The summed E-state index contributed by atoms with van der Waals surface area (Å²) in [5.74, 6) is -0.252. The Labute approximate surface area is 83.5 Å². The number of halogens is 3. The molecule has 1 aromatic heterocycles. The van der Waals surface area contributed by atoms with Crippen LogP contribution in [-0.4, -0.2) is 29.3 Å². The van der Waals surface area contributed by atoms with Crippen LogP contribution in [0.2, 0.25) is 0 Å². The van der Waals surface area contributed by atoms with Crippen LogP contribution < -0.4 is 10.2 Å². The Kier molecular flexibility index (Phi) is 3.20. The van der Waals surface area contributed by atoms with Crippen LogP contribution in [0.5, 0.6) is 5.88 Å². The number of rotatable bonds is 2. The maximum absolute atomic E-state index is 12.2. The van der Waals surface area contributed by atoms with E-state index in [2.05, 4.69) is 9.72 Å². The molecule has 2 N–H and O–H groups in total. The molecular weight excluding hydrogens is 214 g/mol. The molecule has 1 heterocycles. The SMILES string of the molecule is COc1ncc(C(F)(F)F)cc1B(O)O. The van der Waals surface area contributed by atoms with E-state index in [9.17, 15) is 13.2 Å². The van der Waals surface area contributed by atoms with Crippen LogP contribution in [0.4, 0.5) is 13.2 Å². The number of ether oxygens (including phenoxy) is 1. The van der Waals surface area contributed by atoms with Crippen LogP contribution in [0, 0.1) is 0 Å². The standard InChI is InChI=1S/C7H7BF3NO3/c1-15-6-5(8(13)14)2-4(3-12-6)7(9,10)11/h2-3,13-14H,1H3. The molecule has 0 saturated heterocycles. The highest BCUT2D eigenvalue weighted by Crippen LogP contribution is 2.28. The number of aromatic nitrogens is 1. The molecule has 1 rings (SSSR count). The highest BCUT2D eigenvalue weighted by Gasteiger charge is 2.33. The van der Waals surface area contributed by atoms with Gasteiger partial charge in [-0.3, -0.25) is 0 Å². The number of nitrogens with zero attached hydrogens (tertiary/aromatic N) is 1. The lowest BCUT2D eigenvalue weighted by molar-refractivity contribution is -0.137. The zero-order valence-electron chi connectivity index (χ0n) is 7.62. The summed E-state index contributed by atoms with van der Waals surface area (Å²) >= 11 is 0. The van der Waals surface area contributed by atoms with E-state index in [0.717, 1.165) is 0 Å². The molecule has 1 aromatic rings. The quantitative estimate of drug-likeness (QED) is 0.678.